The van der Waals surface area contributed by atoms with Crippen LogP contribution in [-0.4, -0.2) is 49.1 Å². The van der Waals surface area contributed by atoms with E-state index in [-0.39, 0.29) is 6.04 Å². The Morgan fingerprint density at radius 3 is 2.61 bits per heavy atom. The van der Waals surface area contributed by atoms with Crippen molar-refractivity contribution in [2.24, 2.45) is 5.73 Å². The van der Waals surface area contributed by atoms with Crippen LogP contribution in [0.25, 0.3) is 0 Å². The number of hydrogen-bond donors (Lipinski definition) is 1. The molecule has 1 aromatic carbocycles. The van der Waals surface area contributed by atoms with Gasteiger partial charge in [-0.2, -0.15) is 0 Å². The van der Waals surface area contributed by atoms with Gasteiger partial charge >= 0.3 is 0 Å². The number of hydrogen-bond acceptors (Lipinski definition) is 3. The highest BCUT2D eigenvalue weighted by Crippen LogP contribution is 2.31. The number of benzene rings is 1. The Kier molecular flexibility index (Phi) is 3.37. The predicted molar refractivity (Wildman–Crippen MR) is 74.5 cm³/mol. The van der Waals surface area contributed by atoms with E-state index in [1.165, 1.54) is 37.1 Å². The fraction of sp³-hybridized carbons (Fsp3) is 0.600. The van der Waals surface area contributed by atoms with Gasteiger partial charge in [0.25, 0.3) is 0 Å². The van der Waals surface area contributed by atoms with E-state index < -0.39 is 0 Å². The van der Waals surface area contributed by atoms with Crippen molar-refractivity contribution < 1.29 is 0 Å². The van der Waals surface area contributed by atoms with Crippen LogP contribution in [0, 0.1) is 0 Å². The molecule has 1 saturated heterocycles. The summed E-state index contributed by atoms with van der Waals surface area (Å²) in [7, 11) is 2.20. The highest BCUT2D eigenvalue weighted by atomic mass is 15.3. The van der Waals surface area contributed by atoms with Gasteiger partial charge in [0.15, 0.2) is 0 Å². The van der Waals surface area contributed by atoms with E-state index in [0.717, 1.165) is 13.1 Å². The summed E-state index contributed by atoms with van der Waals surface area (Å²) >= 11 is 0. The lowest BCUT2D eigenvalue weighted by atomic mass is 9.83. The van der Waals surface area contributed by atoms with Crippen LogP contribution in [0.15, 0.2) is 24.3 Å². The van der Waals surface area contributed by atoms with Gasteiger partial charge in [-0.25, -0.2) is 0 Å². The van der Waals surface area contributed by atoms with Crippen molar-refractivity contribution in [1.82, 2.24) is 9.80 Å². The zero-order chi connectivity index (χ0) is 12.5. The van der Waals surface area contributed by atoms with Crippen LogP contribution in [-0.2, 0) is 6.42 Å². The Morgan fingerprint density at radius 2 is 1.83 bits per heavy atom. The Balaban J connectivity index is 1.76. The van der Waals surface area contributed by atoms with E-state index in [0.29, 0.717) is 6.04 Å². The van der Waals surface area contributed by atoms with Crippen molar-refractivity contribution in [3.63, 3.8) is 0 Å². The summed E-state index contributed by atoms with van der Waals surface area (Å²) in [6.07, 6.45) is 2.39. The quantitative estimate of drug-likeness (QED) is 0.808. The van der Waals surface area contributed by atoms with E-state index in [2.05, 4.69) is 41.1 Å². The molecule has 2 unspecified atom stereocenters. The normalized spacial score (nSPS) is 30.1. The molecule has 0 bridgehead atoms. The number of likely N-dealkylation sites (N-methyl/N-ethyl adjacent to an activating group) is 1. The number of aryl methyl sites for hydroxylation is 1. The SMILES string of the molecule is CN1CCN(C2CCc3ccccc3C2N)CC1. The summed E-state index contributed by atoms with van der Waals surface area (Å²) in [6.45, 7) is 4.67. The summed E-state index contributed by atoms with van der Waals surface area (Å²) < 4.78 is 0. The fourth-order valence-electron chi connectivity index (χ4n) is 3.34. The number of rotatable bonds is 1. The van der Waals surface area contributed by atoms with Gasteiger partial charge in [0.1, 0.15) is 0 Å². The monoisotopic (exact) mass is 245 g/mol. The van der Waals surface area contributed by atoms with Crippen molar-refractivity contribution in [2.45, 2.75) is 24.9 Å². The van der Waals surface area contributed by atoms with E-state index in [9.17, 15) is 0 Å². The zero-order valence-electron chi connectivity index (χ0n) is 11.2. The maximum Gasteiger partial charge on any atom is 0.0455 e. The first-order valence-corrected chi connectivity index (χ1v) is 7.01. The molecule has 0 aromatic heterocycles. The van der Waals surface area contributed by atoms with Crippen LogP contribution >= 0.6 is 0 Å². The largest absolute Gasteiger partial charge is 0.323 e. The fourth-order valence-corrected chi connectivity index (χ4v) is 3.34. The molecular formula is C15H23N3. The first kappa shape index (κ1) is 12.2. The van der Waals surface area contributed by atoms with Gasteiger partial charge in [-0.15, -0.1) is 0 Å². The minimum Gasteiger partial charge on any atom is -0.323 e. The highest BCUT2D eigenvalue weighted by molar-refractivity contribution is 5.33. The molecule has 98 valence electrons. The minimum absolute atomic E-state index is 0.193. The summed E-state index contributed by atoms with van der Waals surface area (Å²) in [4.78, 5) is 5.00. The lowest BCUT2D eigenvalue weighted by molar-refractivity contribution is 0.0896. The molecule has 0 saturated carbocycles. The van der Waals surface area contributed by atoms with Crippen LogP contribution < -0.4 is 5.73 Å². The van der Waals surface area contributed by atoms with E-state index in [1.807, 2.05) is 0 Å². The summed E-state index contributed by atoms with van der Waals surface area (Å²) in [6, 6.07) is 9.41. The van der Waals surface area contributed by atoms with Crippen molar-refractivity contribution in [3.8, 4) is 0 Å². The molecule has 1 fully saturated rings. The Bertz CT molecular complexity index is 410. The lowest BCUT2D eigenvalue weighted by Gasteiger charge is -2.43. The summed E-state index contributed by atoms with van der Waals surface area (Å²) in [5, 5.41) is 0. The lowest BCUT2D eigenvalue weighted by Crippen LogP contribution is -2.53. The first-order chi connectivity index (χ1) is 8.75. The average molecular weight is 245 g/mol. The van der Waals surface area contributed by atoms with Gasteiger partial charge in [-0.05, 0) is 31.0 Å². The van der Waals surface area contributed by atoms with Gasteiger partial charge in [-0.1, -0.05) is 24.3 Å². The van der Waals surface area contributed by atoms with Crippen LogP contribution in [0.4, 0.5) is 0 Å². The van der Waals surface area contributed by atoms with Crippen molar-refractivity contribution >= 4 is 0 Å². The molecule has 2 N–H and O–H groups in total. The number of fused-ring (bicyclic) bond motifs is 1. The molecular weight excluding hydrogens is 222 g/mol. The average Bonchev–Trinajstić information content (AvgIpc) is 2.41. The topological polar surface area (TPSA) is 32.5 Å². The van der Waals surface area contributed by atoms with E-state index in [4.69, 9.17) is 5.73 Å². The molecule has 1 aromatic rings. The maximum atomic E-state index is 6.50. The van der Waals surface area contributed by atoms with Gasteiger partial charge in [-0.3, -0.25) is 4.90 Å². The molecule has 0 amide bonds. The highest BCUT2D eigenvalue weighted by Gasteiger charge is 2.32. The smallest absolute Gasteiger partial charge is 0.0455 e. The molecule has 1 aliphatic heterocycles. The summed E-state index contributed by atoms with van der Waals surface area (Å²) in [5.74, 6) is 0. The molecule has 1 heterocycles. The van der Waals surface area contributed by atoms with Crippen molar-refractivity contribution in [1.29, 1.82) is 0 Å². The maximum absolute atomic E-state index is 6.50. The van der Waals surface area contributed by atoms with Crippen LogP contribution in [0.2, 0.25) is 0 Å². The molecule has 2 atom stereocenters. The van der Waals surface area contributed by atoms with Gasteiger partial charge in [0.05, 0.1) is 0 Å². The summed E-state index contributed by atoms with van der Waals surface area (Å²) in [5.41, 5.74) is 9.32. The molecule has 2 aliphatic rings. The van der Waals surface area contributed by atoms with Crippen molar-refractivity contribution in [3.05, 3.63) is 35.4 Å². The minimum atomic E-state index is 0.193. The number of nitrogens with two attached hydrogens (primary N) is 1. The van der Waals surface area contributed by atoms with E-state index in [1.54, 1.807) is 0 Å². The Hall–Kier alpha value is -0.900. The standard InChI is InChI=1S/C15H23N3/c1-17-8-10-18(11-9-17)14-7-6-12-4-2-3-5-13(12)15(14)16/h2-5,14-15H,6-11,16H2,1H3. The van der Waals surface area contributed by atoms with Gasteiger partial charge in [0.2, 0.25) is 0 Å². The second kappa shape index (κ2) is 5.00. The molecule has 3 nitrogen and oxygen atoms in total. The molecule has 18 heavy (non-hydrogen) atoms. The molecule has 3 rings (SSSR count). The van der Waals surface area contributed by atoms with Gasteiger partial charge < -0.3 is 10.6 Å². The van der Waals surface area contributed by atoms with Crippen LogP contribution in [0.3, 0.4) is 0 Å². The Labute approximate surface area is 110 Å². The van der Waals surface area contributed by atoms with Gasteiger partial charge in [0, 0.05) is 38.3 Å². The van der Waals surface area contributed by atoms with Crippen LogP contribution in [0.5, 0.6) is 0 Å². The third kappa shape index (κ3) is 2.18. The number of piperazine rings is 1. The van der Waals surface area contributed by atoms with Crippen molar-refractivity contribution in [2.75, 3.05) is 33.2 Å². The molecule has 0 spiro atoms. The third-order valence-corrected chi connectivity index (χ3v) is 4.55. The molecule has 1 aliphatic carbocycles. The molecule has 3 heteroatoms. The first-order valence-electron chi connectivity index (χ1n) is 7.01. The van der Waals surface area contributed by atoms with E-state index >= 15 is 0 Å². The van der Waals surface area contributed by atoms with Crippen LogP contribution in [0.1, 0.15) is 23.6 Å². The molecule has 0 radical (unpaired) electrons. The predicted octanol–water partition coefficient (Wildman–Crippen LogP) is 1.25. The third-order valence-electron chi connectivity index (χ3n) is 4.55. The number of nitrogens with zero attached hydrogens (tertiary/aromatic N) is 2. The second-order valence-corrected chi connectivity index (χ2v) is 5.67. The zero-order valence-corrected chi connectivity index (χ0v) is 11.2. The second-order valence-electron chi connectivity index (χ2n) is 5.67. The Morgan fingerprint density at radius 1 is 1.11 bits per heavy atom.